The van der Waals surface area contributed by atoms with Gasteiger partial charge in [-0.3, -0.25) is 0 Å². The van der Waals surface area contributed by atoms with Crippen LogP contribution in [0.15, 0.2) is 36.4 Å². The van der Waals surface area contributed by atoms with Crippen molar-refractivity contribution in [3.8, 4) is 0 Å². The van der Waals surface area contributed by atoms with Gasteiger partial charge in [-0.1, -0.05) is 43.8 Å². The van der Waals surface area contributed by atoms with Gasteiger partial charge in [-0.25, -0.2) is 4.98 Å². The van der Waals surface area contributed by atoms with Gasteiger partial charge in [-0.2, -0.15) is 0 Å². The third-order valence-corrected chi connectivity index (χ3v) is 3.31. The lowest BCUT2D eigenvalue weighted by atomic mass is 10.1. The Morgan fingerprint density at radius 2 is 2.00 bits per heavy atom. The lowest BCUT2D eigenvalue weighted by Gasteiger charge is -2.14. The molecule has 0 amide bonds. The van der Waals surface area contributed by atoms with E-state index in [1.54, 1.807) is 0 Å². The van der Waals surface area contributed by atoms with Crippen molar-refractivity contribution in [2.45, 2.75) is 26.7 Å². The van der Waals surface area contributed by atoms with Crippen LogP contribution >= 0.6 is 12.2 Å². The third-order valence-electron chi connectivity index (χ3n) is 3.09. The molecule has 0 radical (unpaired) electrons. The molecule has 4 heteroatoms. The summed E-state index contributed by atoms with van der Waals surface area (Å²) in [6.45, 7) is 4.12. The molecule has 0 spiro atoms. The number of nitrogens with zero attached hydrogens (tertiary/aromatic N) is 1. The Morgan fingerprint density at radius 3 is 2.70 bits per heavy atom. The topological polar surface area (TPSA) is 50.9 Å². The summed E-state index contributed by atoms with van der Waals surface area (Å²) in [5, 5.41) is 3.37. The molecule has 1 aromatic heterocycles. The number of aromatic nitrogens is 1. The van der Waals surface area contributed by atoms with E-state index in [0.29, 0.717) is 4.99 Å². The molecule has 1 aromatic carbocycles. The largest absolute Gasteiger partial charge is 0.389 e. The smallest absolute Gasteiger partial charge is 0.140 e. The van der Waals surface area contributed by atoms with Crippen LogP contribution in [0.25, 0.3) is 0 Å². The number of para-hydroxylation sites is 1. The molecule has 0 fully saturated rings. The van der Waals surface area contributed by atoms with Crippen molar-refractivity contribution in [1.29, 1.82) is 0 Å². The lowest BCUT2D eigenvalue weighted by molar-refractivity contribution is 0.923. The van der Waals surface area contributed by atoms with Gasteiger partial charge in [0, 0.05) is 11.4 Å². The Morgan fingerprint density at radius 1 is 1.25 bits per heavy atom. The predicted molar refractivity (Wildman–Crippen MR) is 88.6 cm³/mol. The van der Waals surface area contributed by atoms with E-state index < -0.39 is 0 Å². The van der Waals surface area contributed by atoms with Crippen LogP contribution in [0.2, 0.25) is 0 Å². The predicted octanol–water partition coefficient (Wildman–Crippen LogP) is 3.72. The number of pyridine rings is 1. The summed E-state index contributed by atoms with van der Waals surface area (Å²) in [4.78, 5) is 4.87. The van der Waals surface area contributed by atoms with Crippen LogP contribution in [-0.4, -0.2) is 9.97 Å². The molecule has 0 aliphatic heterocycles. The number of rotatable bonds is 5. The second-order valence-electron chi connectivity index (χ2n) is 4.75. The van der Waals surface area contributed by atoms with E-state index in [-0.39, 0.29) is 0 Å². The average Bonchev–Trinajstić information content (AvgIpc) is 2.41. The number of thiocarbonyl (C=S) groups is 1. The van der Waals surface area contributed by atoms with Crippen LogP contribution in [0.3, 0.4) is 0 Å². The standard InChI is InChI=1S/C16H19N3S/c1-3-6-12-7-4-5-8-14(12)19-16-13(15(17)20)10-9-11(2)18-16/h4-5,7-10H,3,6H2,1-2H3,(H2,17,20)(H,18,19). The first kappa shape index (κ1) is 14.5. The van der Waals surface area contributed by atoms with Crippen molar-refractivity contribution in [2.24, 2.45) is 5.73 Å². The maximum atomic E-state index is 5.77. The van der Waals surface area contributed by atoms with Gasteiger partial charge in [0.25, 0.3) is 0 Å². The zero-order chi connectivity index (χ0) is 14.5. The van der Waals surface area contributed by atoms with E-state index in [9.17, 15) is 0 Å². The molecule has 3 N–H and O–H groups in total. The van der Waals surface area contributed by atoms with Gasteiger partial charge < -0.3 is 11.1 Å². The summed E-state index contributed by atoms with van der Waals surface area (Å²) in [7, 11) is 0. The normalized spacial score (nSPS) is 10.3. The quantitative estimate of drug-likeness (QED) is 0.822. The van der Waals surface area contributed by atoms with Crippen molar-refractivity contribution in [2.75, 3.05) is 5.32 Å². The third kappa shape index (κ3) is 3.33. The minimum atomic E-state index is 0.355. The fraction of sp³-hybridized carbons (Fsp3) is 0.250. The Bertz CT molecular complexity index is 623. The van der Waals surface area contributed by atoms with Gasteiger partial charge in [-0.15, -0.1) is 0 Å². The number of anilines is 2. The first-order valence-corrected chi connectivity index (χ1v) is 7.15. The molecular formula is C16H19N3S. The van der Waals surface area contributed by atoms with Crippen LogP contribution in [0.4, 0.5) is 11.5 Å². The number of nitrogens with two attached hydrogens (primary N) is 1. The fourth-order valence-corrected chi connectivity index (χ4v) is 2.27. The minimum Gasteiger partial charge on any atom is -0.389 e. The molecule has 0 saturated heterocycles. The Hall–Kier alpha value is -1.94. The van der Waals surface area contributed by atoms with E-state index in [2.05, 4.69) is 29.4 Å². The molecule has 0 aliphatic carbocycles. The molecule has 104 valence electrons. The van der Waals surface area contributed by atoms with Crippen molar-refractivity contribution in [1.82, 2.24) is 4.98 Å². The van der Waals surface area contributed by atoms with Crippen LogP contribution < -0.4 is 11.1 Å². The zero-order valence-electron chi connectivity index (χ0n) is 11.8. The van der Waals surface area contributed by atoms with E-state index in [1.807, 2.05) is 31.2 Å². The van der Waals surface area contributed by atoms with Gasteiger partial charge in [-0.05, 0) is 37.1 Å². The van der Waals surface area contributed by atoms with Crippen molar-refractivity contribution in [3.63, 3.8) is 0 Å². The zero-order valence-corrected chi connectivity index (χ0v) is 12.6. The number of hydrogen-bond acceptors (Lipinski definition) is 3. The molecule has 2 aromatic rings. The van der Waals surface area contributed by atoms with Crippen LogP contribution in [0, 0.1) is 6.92 Å². The summed E-state index contributed by atoms with van der Waals surface area (Å²) >= 11 is 5.09. The summed E-state index contributed by atoms with van der Waals surface area (Å²) < 4.78 is 0. The van der Waals surface area contributed by atoms with Crippen molar-refractivity contribution in [3.05, 3.63) is 53.2 Å². The van der Waals surface area contributed by atoms with Crippen molar-refractivity contribution >= 4 is 28.7 Å². The summed E-state index contributed by atoms with van der Waals surface area (Å²) in [6, 6.07) is 12.1. The van der Waals surface area contributed by atoms with E-state index in [1.165, 1.54) is 5.56 Å². The summed E-state index contributed by atoms with van der Waals surface area (Å²) in [6.07, 6.45) is 2.12. The molecule has 0 aliphatic rings. The Balaban J connectivity index is 2.39. The molecule has 20 heavy (non-hydrogen) atoms. The molecule has 1 heterocycles. The number of aryl methyl sites for hydroxylation is 2. The Kier molecular flexibility index (Phi) is 4.69. The molecule has 0 saturated carbocycles. The second-order valence-corrected chi connectivity index (χ2v) is 5.19. The van der Waals surface area contributed by atoms with E-state index in [4.69, 9.17) is 18.0 Å². The monoisotopic (exact) mass is 285 g/mol. The summed E-state index contributed by atoms with van der Waals surface area (Å²) in [5.74, 6) is 0.723. The number of hydrogen-bond donors (Lipinski definition) is 2. The number of benzene rings is 1. The van der Waals surface area contributed by atoms with Gasteiger partial charge >= 0.3 is 0 Å². The van der Waals surface area contributed by atoms with Gasteiger partial charge in [0.05, 0.1) is 5.56 Å². The molecular weight excluding hydrogens is 266 g/mol. The minimum absolute atomic E-state index is 0.355. The number of nitrogens with one attached hydrogen (secondary N) is 1. The highest BCUT2D eigenvalue weighted by Gasteiger charge is 2.09. The first-order chi connectivity index (χ1) is 9.61. The maximum absolute atomic E-state index is 5.77. The highest BCUT2D eigenvalue weighted by atomic mass is 32.1. The van der Waals surface area contributed by atoms with Gasteiger partial charge in [0.1, 0.15) is 10.8 Å². The SMILES string of the molecule is CCCc1ccccc1Nc1nc(C)ccc1C(N)=S. The molecule has 0 bridgehead atoms. The van der Waals surface area contributed by atoms with Gasteiger partial charge in [0.2, 0.25) is 0 Å². The Labute approximate surface area is 125 Å². The first-order valence-electron chi connectivity index (χ1n) is 6.74. The second kappa shape index (κ2) is 6.48. The highest BCUT2D eigenvalue weighted by Crippen LogP contribution is 2.23. The summed E-state index contributed by atoms with van der Waals surface area (Å²) in [5.41, 5.74) is 9.80. The van der Waals surface area contributed by atoms with Crippen molar-refractivity contribution < 1.29 is 0 Å². The van der Waals surface area contributed by atoms with Gasteiger partial charge in [0.15, 0.2) is 0 Å². The average molecular weight is 285 g/mol. The molecule has 0 atom stereocenters. The molecule has 2 rings (SSSR count). The van der Waals surface area contributed by atoms with Crippen LogP contribution in [-0.2, 0) is 6.42 Å². The van der Waals surface area contributed by atoms with Crippen LogP contribution in [0.5, 0.6) is 0 Å². The lowest BCUT2D eigenvalue weighted by Crippen LogP contribution is -2.13. The highest BCUT2D eigenvalue weighted by molar-refractivity contribution is 7.80. The van der Waals surface area contributed by atoms with Crippen LogP contribution in [0.1, 0.15) is 30.2 Å². The molecule has 0 unspecified atom stereocenters. The van der Waals surface area contributed by atoms with E-state index >= 15 is 0 Å². The molecule has 3 nitrogen and oxygen atoms in total. The van der Waals surface area contributed by atoms with E-state index in [0.717, 1.165) is 35.6 Å². The fourth-order valence-electron chi connectivity index (χ4n) is 2.11. The maximum Gasteiger partial charge on any atom is 0.140 e.